The summed E-state index contributed by atoms with van der Waals surface area (Å²) in [5.74, 6) is -0.113. The third-order valence-corrected chi connectivity index (χ3v) is 6.70. The molecule has 170 valence electrons. The Balaban J connectivity index is 1.30. The van der Waals surface area contributed by atoms with Crippen molar-refractivity contribution in [2.45, 2.75) is 32.6 Å². The zero-order valence-corrected chi connectivity index (χ0v) is 19.8. The molecule has 1 amide bonds. The second kappa shape index (κ2) is 9.97. The lowest BCUT2D eigenvalue weighted by molar-refractivity contribution is 0.103. The van der Waals surface area contributed by atoms with Crippen LogP contribution < -0.4 is 5.32 Å². The molecule has 5 aromatic rings. The van der Waals surface area contributed by atoms with E-state index in [-0.39, 0.29) is 5.91 Å². The highest BCUT2D eigenvalue weighted by molar-refractivity contribution is 7.12. The summed E-state index contributed by atoms with van der Waals surface area (Å²) >= 11 is 1.42. The SMILES string of the molecule is CCCCCc1ccc(NC(=O)c2cc(-c3cnn4cc(-c5cccnc5)cnc34)cs2)cc1. The number of anilines is 1. The summed E-state index contributed by atoms with van der Waals surface area (Å²) < 4.78 is 1.76. The topological polar surface area (TPSA) is 72.2 Å². The van der Waals surface area contributed by atoms with Crippen molar-refractivity contribution in [2.75, 3.05) is 5.32 Å². The van der Waals surface area contributed by atoms with Gasteiger partial charge in [0.2, 0.25) is 0 Å². The Morgan fingerprint density at radius 3 is 2.71 bits per heavy atom. The Morgan fingerprint density at radius 2 is 1.91 bits per heavy atom. The Bertz CT molecular complexity index is 1410. The van der Waals surface area contributed by atoms with Gasteiger partial charge in [-0.25, -0.2) is 9.50 Å². The lowest BCUT2D eigenvalue weighted by Gasteiger charge is -2.05. The van der Waals surface area contributed by atoms with Crippen molar-refractivity contribution in [1.82, 2.24) is 19.6 Å². The van der Waals surface area contributed by atoms with E-state index in [1.54, 1.807) is 23.1 Å². The van der Waals surface area contributed by atoms with E-state index in [0.29, 0.717) is 4.88 Å². The largest absolute Gasteiger partial charge is 0.321 e. The van der Waals surface area contributed by atoms with E-state index in [4.69, 9.17) is 0 Å². The first kappa shape index (κ1) is 22.0. The molecule has 5 rings (SSSR count). The molecule has 34 heavy (non-hydrogen) atoms. The molecule has 0 atom stereocenters. The fourth-order valence-electron chi connectivity index (χ4n) is 3.88. The van der Waals surface area contributed by atoms with Crippen LogP contribution >= 0.6 is 11.3 Å². The van der Waals surface area contributed by atoms with Gasteiger partial charge in [-0.15, -0.1) is 11.3 Å². The molecule has 1 aromatic carbocycles. The van der Waals surface area contributed by atoms with Crippen molar-refractivity contribution in [3.63, 3.8) is 0 Å². The number of thiophene rings is 1. The number of fused-ring (bicyclic) bond motifs is 1. The van der Waals surface area contributed by atoms with Gasteiger partial charge < -0.3 is 5.32 Å². The lowest BCUT2D eigenvalue weighted by Crippen LogP contribution is -2.10. The Hall–Kier alpha value is -3.84. The first-order valence-electron chi connectivity index (χ1n) is 11.4. The number of aromatic nitrogens is 4. The van der Waals surface area contributed by atoms with Crippen LogP contribution in [0, 0.1) is 0 Å². The number of unbranched alkanes of at least 4 members (excludes halogenated alkanes) is 2. The van der Waals surface area contributed by atoms with Crippen LogP contribution in [-0.2, 0) is 6.42 Å². The van der Waals surface area contributed by atoms with Gasteiger partial charge in [-0.1, -0.05) is 38.0 Å². The van der Waals surface area contributed by atoms with Gasteiger partial charge in [0, 0.05) is 47.2 Å². The van der Waals surface area contributed by atoms with Gasteiger partial charge in [0.1, 0.15) is 0 Å². The molecule has 0 aliphatic carbocycles. The molecule has 0 aliphatic heterocycles. The van der Waals surface area contributed by atoms with Gasteiger partial charge >= 0.3 is 0 Å². The zero-order valence-electron chi connectivity index (χ0n) is 18.9. The molecule has 0 aliphatic rings. The van der Waals surface area contributed by atoms with Crippen molar-refractivity contribution in [3.8, 4) is 22.3 Å². The molecule has 0 saturated heterocycles. The van der Waals surface area contributed by atoms with Crippen LogP contribution in [0.25, 0.3) is 27.9 Å². The minimum absolute atomic E-state index is 0.113. The smallest absolute Gasteiger partial charge is 0.265 e. The normalized spacial score (nSPS) is 11.1. The highest BCUT2D eigenvalue weighted by atomic mass is 32.1. The maximum absolute atomic E-state index is 12.8. The molecule has 4 heterocycles. The predicted molar refractivity (Wildman–Crippen MR) is 137 cm³/mol. The van der Waals surface area contributed by atoms with Crippen LogP contribution in [0.5, 0.6) is 0 Å². The molecule has 0 bridgehead atoms. The monoisotopic (exact) mass is 467 g/mol. The average Bonchev–Trinajstić information content (AvgIpc) is 3.53. The van der Waals surface area contributed by atoms with E-state index in [9.17, 15) is 4.79 Å². The van der Waals surface area contributed by atoms with Crippen LogP contribution in [0.15, 0.2) is 78.8 Å². The predicted octanol–water partition coefficient (Wildman–Crippen LogP) is 6.50. The molecular weight excluding hydrogens is 442 g/mol. The summed E-state index contributed by atoms with van der Waals surface area (Å²) in [5, 5.41) is 9.45. The quantitative estimate of drug-likeness (QED) is 0.264. The van der Waals surface area contributed by atoms with Crippen LogP contribution in [0.4, 0.5) is 5.69 Å². The standard InChI is InChI=1S/C27H25N5OS/c1-2-3-4-6-19-8-10-23(11-9-19)31-27(33)25-13-21(18-34-25)24-16-30-32-17-22(15-29-26(24)32)20-7-5-12-28-14-20/h5,7-18H,2-4,6H2,1H3,(H,31,33). The number of benzene rings is 1. The van der Waals surface area contributed by atoms with E-state index >= 15 is 0 Å². The van der Waals surface area contributed by atoms with Gasteiger partial charge in [-0.2, -0.15) is 5.10 Å². The maximum atomic E-state index is 12.8. The molecule has 0 spiro atoms. The molecule has 6 nitrogen and oxygen atoms in total. The number of hydrogen-bond acceptors (Lipinski definition) is 5. The molecule has 0 unspecified atom stereocenters. The molecule has 0 radical (unpaired) electrons. The lowest BCUT2D eigenvalue weighted by atomic mass is 10.1. The van der Waals surface area contributed by atoms with Crippen LogP contribution in [-0.4, -0.2) is 25.5 Å². The van der Waals surface area contributed by atoms with Crippen LogP contribution in [0.1, 0.15) is 41.4 Å². The van der Waals surface area contributed by atoms with Crippen molar-refractivity contribution in [2.24, 2.45) is 0 Å². The number of hydrogen-bond donors (Lipinski definition) is 1. The Labute approximate surface area is 202 Å². The van der Waals surface area contributed by atoms with E-state index in [1.165, 1.54) is 36.2 Å². The summed E-state index contributed by atoms with van der Waals surface area (Å²) in [5.41, 5.74) is 6.60. The molecule has 7 heteroatoms. The first-order chi connectivity index (χ1) is 16.7. The third-order valence-electron chi connectivity index (χ3n) is 5.77. The molecule has 1 N–H and O–H groups in total. The van der Waals surface area contributed by atoms with Crippen molar-refractivity contribution >= 4 is 28.6 Å². The van der Waals surface area contributed by atoms with Crippen LogP contribution in [0.2, 0.25) is 0 Å². The number of pyridine rings is 1. The number of amides is 1. The molecular formula is C27H25N5OS. The zero-order chi connectivity index (χ0) is 23.3. The number of carbonyl (C=O) groups is 1. The number of nitrogens with zero attached hydrogens (tertiary/aromatic N) is 4. The van der Waals surface area contributed by atoms with Gasteiger partial charge in [0.25, 0.3) is 5.91 Å². The second-order valence-corrected chi connectivity index (χ2v) is 9.13. The van der Waals surface area contributed by atoms with Gasteiger partial charge in [0.15, 0.2) is 5.65 Å². The maximum Gasteiger partial charge on any atom is 0.265 e. The van der Waals surface area contributed by atoms with E-state index in [0.717, 1.165) is 40.0 Å². The second-order valence-electron chi connectivity index (χ2n) is 8.22. The summed E-state index contributed by atoms with van der Waals surface area (Å²) in [6.07, 6.45) is 13.8. The van der Waals surface area contributed by atoms with Crippen molar-refractivity contribution in [3.05, 3.63) is 89.3 Å². The summed E-state index contributed by atoms with van der Waals surface area (Å²) in [6, 6.07) is 13.9. The summed E-state index contributed by atoms with van der Waals surface area (Å²) in [4.78, 5) is 22.3. The first-order valence-corrected chi connectivity index (χ1v) is 12.3. The minimum Gasteiger partial charge on any atom is -0.321 e. The number of rotatable bonds is 8. The van der Waals surface area contributed by atoms with Gasteiger partial charge in [0.05, 0.1) is 11.1 Å². The fraction of sp³-hybridized carbons (Fsp3) is 0.185. The van der Waals surface area contributed by atoms with Crippen LogP contribution in [0.3, 0.4) is 0 Å². The highest BCUT2D eigenvalue weighted by Crippen LogP contribution is 2.30. The summed E-state index contributed by atoms with van der Waals surface area (Å²) in [7, 11) is 0. The van der Waals surface area contributed by atoms with Gasteiger partial charge in [-0.3, -0.25) is 9.78 Å². The Kier molecular flexibility index (Phi) is 6.44. The fourth-order valence-corrected chi connectivity index (χ4v) is 4.69. The number of aryl methyl sites for hydroxylation is 1. The minimum atomic E-state index is -0.113. The molecule has 0 fully saturated rings. The number of nitrogens with one attached hydrogen (secondary N) is 1. The van der Waals surface area contributed by atoms with Gasteiger partial charge in [-0.05, 0) is 53.6 Å². The average molecular weight is 468 g/mol. The highest BCUT2D eigenvalue weighted by Gasteiger charge is 2.15. The van der Waals surface area contributed by atoms with E-state index in [1.807, 2.05) is 48.1 Å². The molecule has 4 aromatic heterocycles. The van der Waals surface area contributed by atoms with E-state index in [2.05, 4.69) is 39.4 Å². The number of carbonyl (C=O) groups excluding carboxylic acids is 1. The molecule has 0 saturated carbocycles. The van der Waals surface area contributed by atoms with E-state index < -0.39 is 0 Å². The summed E-state index contributed by atoms with van der Waals surface area (Å²) in [6.45, 7) is 2.21. The van der Waals surface area contributed by atoms with Crippen molar-refractivity contribution in [1.29, 1.82) is 0 Å². The third kappa shape index (κ3) is 4.75. The van der Waals surface area contributed by atoms with Crippen molar-refractivity contribution < 1.29 is 4.79 Å². The Morgan fingerprint density at radius 1 is 1.03 bits per heavy atom.